The van der Waals surface area contributed by atoms with Gasteiger partial charge in [-0.1, -0.05) is 32.4 Å². The standard InChI is InChI=1S/C14H20ClN3S2/c1-8-6-20-13(12(8)15)9(18-16)5-11-17-10(7-19-11)14(2,3)4/h6-7,9,18H,5,16H2,1-4H3. The van der Waals surface area contributed by atoms with Crippen molar-refractivity contribution in [3.05, 3.63) is 36.9 Å². The van der Waals surface area contributed by atoms with Gasteiger partial charge in [0.15, 0.2) is 0 Å². The predicted molar refractivity (Wildman–Crippen MR) is 88.6 cm³/mol. The van der Waals surface area contributed by atoms with Crippen LogP contribution in [0.4, 0.5) is 0 Å². The monoisotopic (exact) mass is 329 g/mol. The van der Waals surface area contributed by atoms with Crippen molar-refractivity contribution in [1.82, 2.24) is 10.4 Å². The normalized spacial score (nSPS) is 13.7. The number of nitrogens with one attached hydrogen (secondary N) is 1. The molecule has 3 N–H and O–H groups in total. The molecule has 1 unspecified atom stereocenters. The quantitative estimate of drug-likeness (QED) is 0.652. The number of halogens is 1. The lowest BCUT2D eigenvalue weighted by Crippen LogP contribution is -2.29. The number of thiazole rings is 1. The van der Waals surface area contributed by atoms with Gasteiger partial charge < -0.3 is 0 Å². The topological polar surface area (TPSA) is 50.9 Å². The molecule has 2 aromatic rings. The van der Waals surface area contributed by atoms with Crippen molar-refractivity contribution in [2.24, 2.45) is 5.84 Å². The number of hydrogen-bond acceptors (Lipinski definition) is 5. The molecule has 3 nitrogen and oxygen atoms in total. The lowest BCUT2D eigenvalue weighted by molar-refractivity contribution is 0.547. The molecule has 0 aliphatic carbocycles. The Morgan fingerprint density at radius 2 is 2.05 bits per heavy atom. The summed E-state index contributed by atoms with van der Waals surface area (Å²) < 4.78 is 0. The lowest BCUT2D eigenvalue weighted by Gasteiger charge is -2.15. The number of rotatable bonds is 4. The third-order valence-corrected chi connectivity index (χ3v) is 5.84. The van der Waals surface area contributed by atoms with Crippen LogP contribution in [0.2, 0.25) is 5.02 Å². The molecule has 0 amide bonds. The summed E-state index contributed by atoms with van der Waals surface area (Å²) in [6.07, 6.45) is 0.761. The second-order valence-corrected chi connectivity index (χ2v) is 8.13. The smallest absolute Gasteiger partial charge is 0.0948 e. The molecule has 0 aliphatic heterocycles. The Morgan fingerprint density at radius 1 is 1.35 bits per heavy atom. The van der Waals surface area contributed by atoms with Gasteiger partial charge in [-0.3, -0.25) is 11.3 Å². The van der Waals surface area contributed by atoms with E-state index in [-0.39, 0.29) is 11.5 Å². The first-order chi connectivity index (χ1) is 9.32. The van der Waals surface area contributed by atoms with E-state index in [1.54, 1.807) is 22.7 Å². The van der Waals surface area contributed by atoms with Gasteiger partial charge in [0.25, 0.3) is 0 Å². The molecule has 0 saturated heterocycles. The van der Waals surface area contributed by atoms with Crippen LogP contribution in [0.3, 0.4) is 0 Å². The van der Waals surface area contributed by atoms with Crippen LogP contribution >= 0.6 is 34.3 Å². The molecule has 1 atom stereocenters. The van der Waals surface area contributed by atoms with Crippen LogP contribution in [0.1, 0.15) is 48.0 Å². The maximum atomic E-state index is 6.32. The summed E-state index contributed by atoms with van der Waals surface area (Å²) in [7, 11) is 0. The van der Waals surface area contributed by atoms with Gasteiger partial charge in [-0.15, -0.1) is 22.7 Å². The summed E-state index contributed by atoms with van der Waals surface area (Å²) >= 11 is 9.65. The Kier molecular flexibility index (Phi) is 4.87. The van der Waals surface area contributed by atoms with Gasteiger partial charge in [-0.25, -0.2) is 4.98 Å². The maximum Gasteiger partial charge on any atom is 0.0948 e. The lowest BCUT2D eigenvalue weighted by atomic mass is 9.93. The fourth-order valence-corrected chi connectivity index (χ4v) is 4.29. The number of hydrogen-bond donors (Lipinski definition) is 2. The summed E-state index contributed by atoms with van der Waals surface area (Å²) in [5.41, 5.74) is 5.17. The molecule has 0 spiro atoms. The van der Waals surface area contributed by atoms with Gasteiger partial charge in [-0.05, 0) is 17.9 Å². The number of hydrazine groups is 1. The highest BCUT2D eigenvalue weighted by Gasteiger charge is 2.21. The van der Waals surface area contributed by atoms with E-state index < -0.39 is 0 Å². The van der Waals surface area contributed by atoms with Crippen molar-refractivity contribution in [2.75, 3.05) is 0 Å². The van der Waals surface area contributed by atoms with Gasteiger partial charge >= 0.3 is 0 Å². The number of thiophene rings is 1. The van der Waals surface area contributed by atoms with Gasteiger partial charge in [0.1, 0.15) is 0 Å². The molecule has 2 aromatic heterocycles. The molecule has 0 aromatic carbocycles. The molecule has 0 bridgehead atoms. The Labute approximate surface area is 133 Å². The summed E-state index contributed by atoms with van der Waals surface area (Å²) in [4.78, 5) is 5.80. The zero-order valence-corrected chi connectivity index (χ0v) is 14.5. The summed E-state index contributed by atoms with van der Waals surface area (Å²) in [5.74, 6) is 5.70. The van der Waals surface area contributed by atoms with E-state index in [9.17, 15) is 0 Å². The minimum Gasteiger partial charge on any atom is -0.271 e. The average Bonchev–Trinajstić information content (AvgIpc) is 2.95. The van der Waals surface area contributed by atoms with Crippen LogP contribution in [-0.4, -0.2) is 4.98 Å². The highest BCUT2D eigenvalue weighted by atomic mass is 35.5. The SMILES string of the molecule is Cc1csc(C(Cc2nc(C(C)(C)C)cs2)NN)c1Cl. The highest BCUT2D eigenvalue weighted by molar-refractivity contribution is 7.11. The molecule has 0 fully saturated rings. The third kappa shape index (κ3) is 3.40. The maximum absolute atomic E-state index is 6.32. The van der Waals surface area contributed by atoms with E-state index in [1.165, 1.54) is 0 Å². The average molecular weight is 330 g/mol. The van der Waals surface area contributed by atoms with Crippen LogP contribution in [0.15, 0.2) is 10.8 Å². The Morgan fingerprint density at radius 3 is 2.50 bits per heavy atom. The molecule has 0 saturated carbocycles. The summed E-state index contributed by atoms with van der Waals surface area (Å²) in [6.45, 7) is 8.52. The highest BCUT2D eigenvalue weighted by Crippen LogP contribution is 2.34. The van der Waals surface area contributed by atoms with Crippen molar-refractivity contribution in [1.29, 1.82) is 0 Å². The summed E-state index contributed by atoms with van der Waals surface area (Å²) in [6, 6.07) is 0.0140. The van der Waals surface area contributed by atoms with E-state index in [2.05, 4.69) is 37.0 Å². The molecule has 20 heavy (non-hydrogen) atoms. The van der Waals surface area contributed by atoms with Crippen molar-refractivity contribution in [3.63, 3.8) is 0 Å². The predicted octanol–water partition coefficient (Wildman–Crippen LogP) is 4.21. The third-order valence-electron chi connectivity index (χ3n) is 3.14. The van der Waals surface area contributed by atoms with Crippen LogP contribution in [0.5, 0.6) is 0 Å². The van der Waals surface area contributed by atoms with E-state index in [0.29, 0.717) is 0 Å². The zero-order chi connectivity index (χ0) is 14.9. The van der Waals surface area contributed by atoms with Gasteiger partial charge in [0.2, 0.25) is 0 Å². The Hall–Kier alpha value is -0.460. The number of aryl methyl sites for hydroxylation is 1. The van der Waals surface area contributed by atoms with Crippen molar-refractivity contribution in [2.45, 2.75) is 45.6 Å². The molecule has 2 heterocycles. The molecule has 6 heteroatoms. The molecule has 2 rings (SSSR count). The second kappa shape index (κ2) is 6.12. The number of aromatic nitrogens is 1. The first kappa shape index (κ1) is 15.9. The zero-order valence-electron chi connectivity index (χ0n) is 12.2. The van der Waals surface area contributed by atoms with Gasteiger partial charge in [0, 0.05) is 22.1 Å². The molecule has 110 valence electrons. The van der Waals surface area contributed by atoms with Crippen LogP contribution in [0.25, 0.3) is 0 Å². The molecular weight excluding hydrogens is 310 g/mol. The fraction of sp³-hybridized carbons (Fsp3) is 0.500. The van der Waals surface area contributed by atoms with Gasteiger partial charge in [-0.2, -0.15) is 0 Å². The Bertz CT molecular complexity index is 583. The molecular formula is C14H20ClN3S2. The number of nitrogens with zero attached hydrogens (tertiary/aromatic N) is 1. The van der Waals surface area contributed by atoms with Gasteiger partial charge in [0.05, 0.1) is 21.8 Å². The van der Waals surface area contributed by atoms with E-state index in [4.69, 9.17) is 22.4 Å². The first-order valence-electron chi connectivity index (χ1n) is 6.47. The number of nitrogens with two attached hydrogens (primary N) is 1. The summed E-state index contributed by atoms with van der Waals surface area (Å²) in [5, 5.41) is 6.08. The fourth-order valence-electron chi connectivity index (χ4n) is 1.84. The largest absolute Gasteiger partial charge is 0.271 e. The van der Waals surface area contributed by atoms with Crippen molar-refractivity contribution >= 4 is 34.3 Å². The first-order valence-corrected chi connectivity index (χ1v) is 8.61. The van der Waals surface area contributed by atoms with Crippen LogP contribution in [-0.2, 0) is 11.8 Å². The van der Waals surface area contributed by atoms with Crippen LogP contribution in [0, 0.1) is 6.92 Å². The van der Waals surface area contributed by atoms with Crippen molar-refractivity contribution in [3.8, 4) is 0 Å². The minimum atomic E-state index is 0.0140. The van der Waals surface area contributed by atoms with E-state index >= 15 is 0 Å². The second-order valence-electron chi connectivity index (χ2n) is 5.90. The van der Waals surface area contributed by atoms with E-state index in [0.717, 1.165) is 32.6 Å². The van der Waals surface area contributed by atoms with Crippen molar-refractivity contribution < 1.29 is 0 Å². The minimum absolute atomic E-state index is 0.0140. The molecule has 0 aliphatic rings. The molecule has 0 radical (unpaired) electrons. The van der Waals surface area contributed by atoms with Crippen LogP contribution < -0.4 is 11.3 Å². The Balaban J connectivity index is 2.19. The van der Waals surface area contributed by atoms with E-state index in [1.807, 2.05) is 6.92 Å².